The molecule has 19 heavy (non-hydrogen) atoms. The van der Waals surface area contributed by atoms with Crippen LogP contribution in [0, 0.1) is 0 Å². The number of rotatable bonds is 2. The first-order chi connectivity index (χ1) is 9.16. The smallest absolute Gasteiger partial charge is 0.335 e. The molecule has 0 saturated carbocycles. The molecule has 0 bridgehead atoms. The van der Waals surface area contributed by atoms with Crippen LogP contribution in [0.15, 0.2) is 42.6 Å². The van der Waals surface area contributed by atoms with Gasteiger partial charge in [0, 0.05) is 13.2 Å². The van der Waals surface area contributed by atoms with E-state index in [1.807, 2.05) is 29.8 Å². The Bertz CT molecular complexity index is 763. The van der Waals surface area contributed by atoms with Gasteiger partial charge in [-0.3, -0.25) is 4.98 Å². The van der Waals surface area contributed by atoms with Gasteiger partial charge < -0.3 is 9.67 Å². The van der Waals surface area contributed by atoms with Crippen LogP contribution < -0.4 is 0 Å². The molecule has 0 amide bonds. The Morgan fingerprint density at radius 3 is 2.79 bits per heavy atom. The molecule has 0 aliphatic carbocycles. The number of pyridine rings is 1. The molecule has 1 N–H and O–H groups in total. The van der Waals surface area contributed by atoms with Gasteiger partial charge >= 0.3 is 5.97 Å². The number of carboxylic acid groups (broad SMARTS) is 1. The van der Waals surface area contributed by atoms with E-state index in [0.29, 0.717) is 5.52 Å². The lowest BCUT2D eigenvalue weighted by Crippen LogP contribution is -1.96. The average Bonchev–Trinajstić information content (AvgIpc) is 2.76. The third kappa shape index (κ3) is 1.85. The minimum absolute atomic E-state index is 0.234. The van der Waals surface area contributed by atoms with Crippen molar-refractivity contribution in [3.05, 3.63) is 48.2 Å². The highest BCUT2D eigenvalue weighted by atomic mass is 16.4. The van der Waals surface area contributed by atoms with Crippen LogP contribution in [-0.4, -0.2) is 25.6 Å². The Hall–Kier alpha value is -2.69. The number of fused-ring (bicyclic) bond motifs is 1. The van der Waals surface area contributed by atoms with Gasteiger partial charge in [-0.15, -0.1) is 0 Å². The molecule has 0 fully saturated rings. The number of carboxylic acids is 1. The number of nitrogens with zero attached hydrogens (tertiary/aromatic N) is 3. The number of benzene rings is 1. The molecule has 2 aromatic heterocycles. The normalized spacial score (nSPS) is 10.8. The third-order valence-corrected chi connectivity index (χ3v) is 3.02. The summed E-state index contributed by atoms with van der Waals surface area (Å²) in [5.41, 5.74) is 2.53. The SMILES string of the molecule is Cn1c(-c2ccccn2)nc2cc(C(=O)O)ccc21. The first kappa shape index (κ1) is 11.4. The van der Waals surface area contributed by atoms with Crippen LogP contribution in [0.25, 0.3) is 22.6 Å². The molecule has 0 saturated heterocycles. The molecule has 0 spiro atoms. The van der Waals surface area contributed by atoms with Crippen molar-refractivity contribution in [1.82, 2.24) is 14.5 Å². The second-order valence-electron chi connectivity index (χ2n) is 4.22. The quantitative estimate of drug-likeness (QED) is 0.761. The number of carbonyl (C=O) groups is 1. The van der Waals surface area contributed by atoms with Gasteiger partial charge in [-0.25, -0.2) is 9.78 Å². The van der Waals surface area contributed by atoms with Crippen LogP contribution in [0.4, 0.5) is 0 Å². The summed E-state index contributed by atoms with van der Waals surface area (Å²) in [7, 11) is 1.89. The van der Waals surface area contributed by atoms with Gasteiger partial charge in [0.05, 0.1) is 16.6 Å². The number of aryl methyl sites for hydroxylation is 1. The van der Waals surface area contributed by atoms with E-state index in [1.165, 1.54) is 0 Å². The summed E-state index contributed by atoms with van der Waals surface area (Å²) in [4.78, 5) is 19.7. The van der Waals surface area contributed by atoms with Crippen LogP contribution in [0.2, 0.25) is 0 Å². The Morgan fingerprint density at radius 1 is 1.26 bits per heavy atom. The molecule has 0 aliphatic heterocycles. The zero-order valence-corrected chi connectivity index (χ0v) is 10.2. The summed E-state index contributed by atoms with van der Waals surface area (Å²) in [6.07, 6.45) is 1.71. The van der Waals surface area contributed by atoms with E-state index < -0.39 is 5.97 Å². The fourth-order valence-corrected chi connectivity index (χ4v) is 2.06. The minimum Gasteiger partial charge on any atom is -0.478 e. The van der Waals surface area contributed by atoms with E-state index in [4.69, 9.17) is 5.11 Å². The topological polar surface area (TPSA) is 68.0 Å². The molecule has 0 radical (unpaired) electrons. The highest BCUT2D eigenvalue weighted by Crippen LogP contribution is 2.22. The molecule has 1 aromatic carbocycles. The van der Waals surface area contributed by atoms with Crippen molar-refractivity contribution < 1.29 is 9.90 Å². The second kappa shape index (κ2) is 4.20. The molecule has 0 atom stereocenters. The van der Waals surface area contributed by atoms with E-state index in [2.05, 4.69) is 9.97 Å². The third-order valence-electron chi connectivity index (χ3n) is 3.02. The van der Waals surface area contributed by atoms with E-state index >= 15 is 0 Å². The van der Waals surface area contributed by atoms with Crippen molar-refractivity contribution in [3.63, 3.8) is 0 Å². The van der Waals surface area contributed by atoms with E-state index in [0.717, 1.165) is 17.0 Å². The second-order valence-corrected chi connectivity index (χ2v) is 4.22. The lowest BCUT2D eigenvalue weighted by Gasteiger charge is -2.00. The lowest BCUT2D eigenvalue weighted by molar-refractivity contribution is 0.0697. The van der Waals surface area contributed by atoms with Crippen molar-refractivity contribution in [2.24, 2.45) is 7.05 Å². The fraction of sp³-hybridized carbons (Fsp3) is 0.0714. The molecule has 5 nitrogen and oxygen atoms in total. The van der Waals surface area contributed by atoms with Gasteiger partial charge in [-0.05, 0) is 30.3 Å². The van der Waals surface area contributed by atoms with Gasteiger partial charge in [-0.2, -0.15) is 0 Å². The summed E-state index contributed by atoms with van der Waals surface area (Å²) in [5.74, 6) is -0.231. The van der Waals surface area contributed by atoms with Crippen molar-refractivity contribution in [2.75, 3.05) is 0 Å². The molecular weight excluding hydrogens is 242 g/mol. The Balaban J connectivity index is 2.23. The fourth-order valence-electron chi connectivity index (χ4n) is 2.06. The number of imidazole rings is 1. The van der Waals surface area contributed by atoms with Crippen molar-refractivity contribution in [1.29, 1.82) is 0 Å². The van der Waals surface area contributed by atoms with Crippen LogP contribution in [0.3, 0.4) is 0 Å². The number of hydrogen-bond acceptors (Lipinski definition) is 3. The summed E-state index contributed by atoms with van der Waals surface area (Å²) in [6, 6.07) is 10.5. The number of aromatic nitrogens is 3. The van der Waals surface area contributed by atoms with Gasteiger partial charge in [0.1, 0.15) is 5.69 Å². The summed E-state index contributed by atoms with van der Waals surface area (Å²) in [5, 5.41) is 8.99. The predicted octanol–water partition coefficient (Wildman–Crippen LogP) is 2.33. The minimum atomic E-state index is -0.952. The van der Waals surface area contributed by atoms with Gasteiger partial charge in [0.2, 0.25) is 0 Å². The molecule has 0 aliphatic rings. The highest BCUT2D eigenvalue weighted by molar-refractivity contribution is 5.93. The van der Waals surface area contributed by atoms with Crippen molar-refractivity contribution in [2.45, 2.75) is 0 Å². The van der Waals surface area contributed by atoms with E-state index in [9.17, 15) is 4.79 Å². The van der Waals surface area contributed by atoms with Crippen molar-refractivity contribution in [3.8, 4) is 11.5 Å². The number of hydrogen-bond donors (Lipinski definition) is 1. The van der Waals surface area contributed by atoms with Gasteiger partial charge in [0.25, 0.3) is 0 Å². The summed E-state index contributed by atoms with van der Waals surface area (Å²) < 4.78 is 1.91. The van der Waals surface area contributed by atoms with Crippen LogP contribution in [0.1, 0.15) is 10.4 Å². The molecule has 3 rings (SSSR count). The lowest BCUT2D eigenvalue weighted by atomic mass is 10.2. The first-order valence-corrected chi connectivity index (χ1v) is 5.78. The highest BCUT2D eigenvalue weighted by Gasteiger charge is 2.12. The van der Waals surface area contributed by atoms with Gasteiger partial charge in [0.15, 0.2) is 5.82 Å². The first-order valence-electron chi connectivity index (χ1n) is 5.78. The maximum Gasteiger partial charge on any atom is 0.335 e. The standard InChI is InChI=1S/C14H11N3O2/c1-17-12-6-5-9(14(18)19)8-11(12)16-13(17)10-4-2-3-7-15-10/h2-8H,1H3,(H,18,19). The van der Waals surface area contributed by atoms with Crippen LogP contribution >= 0.6 is 0 Å². The molecule has 2 heterocycles. The summed E-state index contributed by atoms with van der Waals surface area (Å²) in [6.45, 7) is 0. The summed E-state index contributed by atoms with van der Waals surface area (Å²) >= 11 is 0. The Kier molecular flexibility index (Phi) is 2.52. The largest absolute Gasteiger partial charge is 0.478 e. The average molecular weight is 253 g/mol. The number of aromatic carboxylic acids is 1. The zero-order valence-electron chi connectivity index (χ0n) is 10.2. The zero-order chi connectivity index (χ0) is 13.4. The van der Waals surface area contributed by atoms with E-state index in [1.54, 1.807) is 24.4 Å². The predicted molar refractivity (Wildman–Crippen MR) is 70.9 cm³/mol. The maximum atomic E-state index is 11.0. The molecule has 3 aromatic rings. The Morgan fingerprint density at radius 2 is 2.11 bits per heavy atom. The monoisotopic (exact) mass is 253 g/mol. The van der Waals surface area contributed by atoms with E-state index in [-0.39, 0.29) is 5.56 Å². The molecule has 0 unspecified atom stereocenters. The molecule has 5 heteroatoms. The molecule has 94 valence electrons. The Labute approximate surface area is 109 Å². The molecular formula is C14H11N3O2. The van der Waals surface area contributed by atoms with Crippen LogP contribution in [0.5, 0.6) is 0 Å². The van der Waals surface area contributed by atoms with Crippen LogP contribution in [-0.2, 0) is 7.05 Å². The maximum absolute atomic E-state index is 11.0. The van der Waals surface area contributed by atoms with Crippen molar-refractivity contribution >= 4 is 17.0 Å². The van der Waals surface area contributed by atoms with Gasteiger partial charge in [-0.1, -0.05) is 6.07 Å².